The van der Waals surface area contributed by atoms with Crippen LogP contribution in [0.25, 0.3) is 5.69 Å². The molecular formula is C11H14N6O. The Morgan fingerprint density at radius 2 is 1.89 bits per heavy atom. The number of ether oxygens (including phenoxy) is 1. The lowest BCUT2D eigenvalue weighted by molar-refractivity contribution is 0.122. The van der Waals surface area contributed by atoms with Crippen LogP contribution in [0.3, 0.4) is 0 Å². The Morgan fingerprint density at radius 3 is 2.61 bits per heavy atom. The molecule has 7 heteroatoms. The van der Waals surface area contributed by atoms with Crippen molar-refractivity contribution in [2.24, 2.45) is 0 Å². The van der Waals surface area contributed by atoms with Crippen LogP contribution < -0.4 is 10.6 Å². The Hall–Kier alpha value is -2.15. The molecule has 0 aromatic carbocycles. The number of aromatic nitrogens is 4. The van der Waals surface area contributed by atoms with Gasteiger partial charge in [0.1, 0.15) is 5.69 Å². The number of nitrogens with zero attached hydrogens (tertiary/aromatic N) is 5. The van der Waals surface area contributed by atoms with Crippen molar-refractivity contribution in [3.63, 3.8) is 0 Å². The summed E-state index contributed by atoms with van der Waals surface area (Å²) in [5.74, 6) is 0.837. The first-order valence-electron chi connectivity index (χ1n) is 5.79. The van der Waals surface area contributed by atoms with Crippen molar-refractivity contribution in [2.75, 3.05) is 36.9 Å². The van der Waals surface area contributed by atoms with Crippen molar-refractivity contribution < 1.29 is 4.74 Å². The van der Waals surface area contributed by atoms with Crippen molar-refractivity contribution in [1.29, 1.82) is 0 Å². The molecule has 18 heavy (non-hydrogen) atoms. The molecule has 1 fully saturated rings. The topological polar surface area (TPSA) is 82.1 Å². The molecule has 1 aliphatic rings. The van der Waals surface area contributed by atoms with Crippen LogP contribution in [0.5, 0.6) is 0 Å². The first-order valence-corrected chi connectivity index (χ1v) is 5.79. The van der Waals surface area contributed by atoms with E-state index < -0.39 is 0 Å². The number of nitrogen functional groups attached to an aromatic ring is 1. The average Bonchev–Trinajstić information content (AvgIpc) is 2.93. The number of anilines is 2. The van der Waals surface area contributed by atoms with Crippen molar-refractivity contribution in [3.8, 4) is 5.69 Å². The largest absolute Gasteiger partial charge is 0.397 e. The lowest BCUT2D eigenvalue weighted by Gasteiger charge is -2.29. The van der Waals surface area contributed by atoms with Crippen LogP contribution >= 0.6 is 0 Å². The molecule has 0 atom stereocenters. The minimum Gasteiger partial charge on any atom is -0.397 e. The lowest BCUT2D eigenvalue weighted by atomic mass is 10.3. The van der Waals surface area contributed by atoms with E-state index in [0.717, 1.165) is 24.6 Å². The van der Waals surface area contributed by atoms with Crippen LogP contribution in [-0.4, -0.2) is 46.3 Å². The van der Waals surface area contributed by atoms with Gasteiger partial charge in [0.2, 0.25) is 0 Å². The lowest BCUT2D eigenvalue weighted by Crippen LogP contribution is -2.37. The summed E-state index contributed by atoms with van der Waals surface area (Å²) >= 11 is 0. The summed E-state index contributed by atoms with van der Waals surface area (Å²) in [6, 6.07) is 1.83. The van der Waals surface area contributed by atoms with Gasteiger partial charge in [-0.15, -0.1) is 4.80 Å². The van der Waals surface area contributed by atoms with Crippen molar-refractivity contribution in [1.82, 2.24) is 20.0 Å². The van der Waals surface area contributed by atoms with Gasteiger partial charge in [-0.1, -0.05) is 0 Å². The van der Waals surface area contributed by atoms with E-state index in [2.05, 4.69) is 20.1 Å². The van der Waals surface area contributed by atoms with Crippen LogP contribution in [0.1, 0.15) is 0 Å². The fourth-order valence-electron chi connectivity index (χ4n) is 1.97. The van der Waals surface area contributed by atoms with Gasteiger partial charge in [0, 0.05) is 13.1 Å². The fraction of sp³-hybridized carbons (Fsp3) is 0.364. The van der Waals surface area contributed by atoms with E-state index in [4.69, 9.17) is 10.5 Å². The third kappa shape index (κ3) is 2.00. The Morgan fingerprint density at radius 1 is 1.17 bits per heavy atom. The van der Waals surface area contributed by atoms with Gasteiger partial charge in [0.15, 0.2) is 5.82 Å². The van der Waals surface area contributed by atoms with Crippen molar-refractivity contribution >= 4 is 11.5 Å². The van der Waals surface area contributed by atoms with Crippen LogP contribution in [0.15, 0.2) is 24.7 Å². The van der Waals surface area contributed by atoms with Gasteiger partial charge in [0.25, 0.3) is 0 Å². The van der Waals surface area contributed by atoms with Gasteiger partial charge in [-0.25, -0.2) is 4.98 Å². The summed E-state index contributed by atoms with van der Waals surface area (Å²) in [5.41, 5.74) is 7.18. The second-order valence-electron chi connectivity index (χ2n) is 4.03. The highest BCUT2D eigenvalue weighted by atomic mass is 16.5. The van der Waals surface area contributed by atoms with Gasteiger partial charge < -0.3 is 15.4 Å². The van der Waals surface area contributed by atoms with Gasteiger partial charge in [-0.05, 0) is 6.07 Å². The molecule has 0 aliphatic carbocycles. The Labute approximate surface area is 104 Å². The quantitative estimate of drug-likeness (QED) is 0.808. The smallest absolute Gasteiger partial charge is 0.156 e. The molecule has 3 heterocycles. The number of nitrogens with two attached hydrogens (primary N) is 1. The maximum Gasteiger partial charge on any atom is 0.156 e. The van der Waals surface area contributed by atoms with Crippen LogP contribution in [0.4, 0.5) is 11.5 Å². The van der Waals surface area contributed by atoms with Crippen molar-refractivity contribution in [3.05, 3.63) is 24.7 Å². The Kier molecular flexibility index (Phi) is 2.81. The van der Waals surface area contributed by atoms with Gasteiger partial charge >= 0.3 is 0 Å². The summed E-state index contributed by atoms with van der Waals surface area (Å²) in [6.07, 6.45) is 4.91. The molecule has 1 aliphatic heterocycles. The number of hydrogen-bond donors (Lipinski definition) is 1. The monoisotopic (exact) mass is 246 g/mol. The van der Waals surface area contributed by atoms with E-state index in [0.29, 0.717) is 18.9 Å². The molecule has 0 spiro atoms. The first kappa shape index (κ1) is 11.0. The summed E-state index contributed by atoms with van der Waals surface area (Å²) in [6.45, 7) is 3.03. The maximum absolute atomic E-state index is 5.79. The van der Waals surface area contributed by atoms with Gasteiger partial charge in [-0.2, -0.15) is 10.2 Å². The molecule has 2 aromatic rings. The fourth-order valence-corrected chi connectivity index (χ4v) is 1.97. The summed E-state index contributed by atoms with van der Waals surface area (Å²) < 4.78 is 5.34. The average molecular weight is 246 g/mol. The van der Waals surface area contributed by atoms with Crippen molar-refractivity contribution in [2.45, 2.75) is 0 Å². The van der Waals surface area contributed by atoms with Crippen LogP contribution in [0.2, 0.25) is 0 Å². The molecule has 0 unspecified atom stereocenters. The third-order valence-electron chi connectivity index (χ3n) is 2.81. The zero-order valence-electron chi connectivity index (χ0n) is 9.86. The van der Waals surface area contributed by atoms with Gasteiger partial charge in [0.05, 0.1) is 37.5 Å². The second kappa shape index (κ2) is 4.61. The molecular weight excluding hydrogens is 232 g/mol. The second-order valence-corrected chi connectivity index (χ2v) is 4.03. The molecule has 3 rings (SSSR count). The minimum absolute atomic E-state index is 0.597. The Bertz CT molecular complexity index is 520. The van der Waals surface area contributed by atoms with Gasteiger partial charge in [-0.3, -0.25) is 0 Å². The zero-order chi connectivity index (χ0) is 12.4. The zero-order valence-corrected chi connectivity index (χ0v) is 9.86. The highest BCUT2D eigenvalue weighted by Crippen LogP contribution is 2.23. The molecule has 7 nitrogen and oxygen atoms in total. The Balaban J connectivity index is 2.02. The van der Waals surface area contributed by atoms with E-state index in [1.807, 2.05) is 6.07 Å². The number of pyridine rings is 1. The minimum atomic E-state index is 0.597. The predicted molar refractivity (Wildman–Crippen MR) is 66.6 cm³/mol. The van der Waals surface area contributed by atoms with Crippen LogP contribution in [-0.2, 0) is 4.74 Å². The summed E-state index contributed by atoms with van der Waals surface area (Å²) in [5, 5.41) is 8.27. The maximum atomic E-state index is 5.79. The van der Waals surface area contributed by atoms with Crippen LogP contribution in [0, 0.1) is 0 Å². The molecule has 94 valence electrons. The molecule has 0 radical (unpaired) electrons. The first-order chi connectivity index (χ1) is 8.84. The van der Waals surface area contributed by atoms with E-state index >= 15 is 0 Å². The van der Waals surface area contributed by atoms with E-state index in [1.165, 1.54) is 4.80 Å². The summed E-state index contributed by atoms with van der Waals surface area (Å²) in [7, 11) is 0. The normalized spacial score (nSPS) is 15.9. The molecule has 2 N–H and O–H groups in total. The summed E-state index contributed by atoms with van der Waals surface area (Å²) in [4.78, 5) is 8.09. The predicted octanol–water partition coefficient (Wildman–Crippen LogP) is 0.0811. The SMILES string of the molecule is Nc1cnc(N2CCOCC2)c(-n2nccn2)c1. The van der Waals surface area contributed by atoms with E-state index in [-0.39, 0.29) is 0 Å². The van der Waals surface area contributed by atoms with E-state index in [9.17, 15) is 0 Å². The molecule has 1 saturated heterocycles. The highest BCUT2D eigenvalue weighted by molar-refractivity contribution is 5.61. The number of hydrogen-bond acceptors (Lipinski definition) is 6. The molecule has 0 bridgehead atoms. The highest BCUT2D eigenvalue weighted by Gasteiger charge is 2.18. The number of morpholine rings is 1. The molecule has 2 aromatic heterocycles. The molecule has 0 saturated carbocycles. The third-order valence-corrected chi connectivity index (χ3v) is 2.81. The molecule has 0 amide bonds. The standard InChI is InChI=1S/C11H14N6O/c12-9-7-10(17-14-1-2-15-17)11(13-8-9)16-3-5-18-6-4-16/h1-2,7-8H,3-6,12H2. The number of rotatable bonds is 2. The van der Waals surface area contributed by atoms with E-state index in [1.54, 1.807) is 18.6 Å².